The minimum absolute atomic E-state index is 0.709. The van der Waals surface area contributed by atoms with Crippen molar-refractivity contribution in [3.05, 3.63) is 40.4 Å². The van der Waals surface area contributed by atoms with Crippen molar-refractivity contribution in [3.63, 3.8) is 0 Å². The highest BCUT2D eigenvalue weighted by atomic mass is 35.5. The van der Waals surface area contributed by atoms with E-state index in [-0.39, 0.29) is 0 Å². The zero-order valence-corrected chi connectivity index (χ0v) is 8.21. The average molecular weight is 209 g/mol. The number of hydrogen-bond donors (Lipinski definition) is 1. The van der Waals surface area contributed by atoms with Crippen LogP contribution < -0.4 is 0 Å². The van der Waals surface area contributed by atoms with Crippen LogP contribution in [0.2, 0.25) is 5.02 Å². The number of rotatable bonds is 1. The van der Waals surface area contributed by atoms with Gasteiger partial charge in [0.1, 0.15) is 0 Å². The number of aryl methyl sites for hydroxylation is 1. The lowest BCUT2D eigenvalue weighted by atomic mass is 10.1. The summed E-state index contributed by atoms with van der Waals surface area (Å²) in [6.07, 6.45) is 2.96. The van der Waals surface area contributed by atoms with Crippen LogP contribution in [-0.4, -0.2) is 11.1 Å². The Hall–Kier alpha value is -1.28. The van der Waals surface area contributed by atoms with Crippen LogP contribution in [0.1, 0.15) is 17.5 Å². The Labute approximate surface area is 86.8 Å². The maximum Gasteiger partial charge on any atom is 0.328 e. The summed E-state index contributed by atoms with van der Waals surface area (Å²) in [5.74, 6) is -0.886. The zero-order chi connectivity index (χ0) is 10.1. The fourth-order valence-corrected chi connectivity index (χ4v) is 1.98. The smallest absolute Gasteiger partial charge is 0.328 e. The van der Waals surface area contributed by atoms with E-state index < -0.39 is 5.97 Å². The molecule has 0 fully saturated rings. The molecule has 0 aliphatic heterocycles. The van der Waals surface area contributed by atoms with E-state index >= 15 is 0 Å². The van der Waals surface area contributed by atoms with E-state index in [2.05, 4.69) is 0 Å². The normalized spacial score (nSPS) is 17.1. The van der Waals surface area contributed by atoms with Gasteiger partial charge < -0.3 is 5.11 Å². The molecule has 0 amide bonds. The highest BCUT2D eigenvalue weighted by Crippen LogP contribution is 2.33. The lowest BCUT2D eigenvalue weighted by Gasteiger charge is -1.99. The minimum atomic E-state index is -0.886. The van der Waals surface area contributed by atoms with Crippen molar-refractivity contribution in [2.24, 2.45) is 0 Å². The molecule has 0 unspecified atom stereocenters. The highest BCUT2D eigenvalue weighted by molar-refractivity contribution is 6.30. The van der Waals surface area contributed by atoms with Crippen molar-refractivity contribution in [1.29, 1.82) is 0 Å². The van der Waals surface area contributed by atoms with Crippen molar-refractivity contribution < 1.29 is 9.90 Å². The SMILES string of the molecule is O=C(O)C=C1CCc2cc(Cl)ccc21. The second-order valence-corrected chi connectivity index (χ2v) is 3.75. The largest absolute Gasteiger partial charge is 0.478 e. The Morgan fingerprint density at radius 3 is 2.93 bits per heavy atom. The predicted molar refractivity (Wildman–Crippen MR) is 55.4 cm³/mol. The van der Waals surface area contributed by atoms with Gasteiger partial charge in [-0.1, -0.05) is 17.7 Å². The first-order chi connectivity index (χ1) is 6.66. The van der Waals surface area contributed by atoms with E-state index in [0.717, 1.165) is 29.5 Å². The molecule has 1 aliphatic rings. The van der Waals surface area contributed by atoms with Gasteiger partial charge in [-0.2, -0.15) is 0 Å². The molecule has 0 atom stereocenters. The first-order valence-corrected chi connectivity index (χ1v) is 4.77. The Balaban J connectivity index is 2.45. The summed E-state index contributed by atoms with van der Waals surface area (Å²) < 4.78 is 0. The van der Waals surface area contributed by atoms with Crippen LogP contribution in [0.4, 0.5) is 0 Å². The van der Waals surface area contributed by atoms with E-state index in [1.807, 2.05) is 12.1 Å². The molecule has 0 bridgehead atoms. The van der Waals surface area contributed by atoms with Gasteiger partial charge in [-0.05, 0) is 41.7 Å². The van der Waals surface area contributed by atoms with Crippen LogP contribution in [0.5, 0.6) is 0 Å². The van der Waals surface area contributed by atoms with Crippen molar-refractivity contribution in [1.82, 2.24) is 0 Å². The van der Waals surface area contributed by atoms with E-state index in [1.165, 1.54) is 6.08 Å². The van der Waals surface area contributed by atoms with Gasteiger partial charge in [-0.25, -0.2) is 4.79 Å². The third-order valence-electron chi connectivity index (χ3n) is 2.37. The number of carboxylic acids is 1. The molecule has 14 heavy (non-hydrogen) atoms. The molecule has 2 rings (SSSR count). The van der Waals surface area contributed by atoms with Crippen LogP contribution in [0.3, 0.4) is 0 Å². The van der Waals surface area contributed by atoms with Gasteiger partial charge in [0, 0.05) is 11.1 Å². The zero-order valence-electron chi connectivity index (χ0n) is 7.46. The second kappa shape index (κ2) is 3.46. The quantitative estimate of drug-likeness (QED) is 0.721. The number of hydrogen-bond acceptors (Lipinski definition) is 1. The number of carboxylic acid groups (broad SMARTS) is 1. The highest BCUT2D eigenvalue weighted by Gasteiger charge is 2.16. The molecule has 0 aromatic heterocycles. The van der Waals surface area contributed by atoms with Gasteiger partial charge in [0.2, 0.25) is 0 Å². The first kappa shape index (κ1) is 9.28. The van der Waals surface area contributed by atoms with E-state index in [9.17, 15) is 4.79 Å². The lowest BCUT2D eigenvalue weighted by molar-refractivity contribution is -0.131. The molecule has 1 aliphatic carbocycles. The number of allylic oxidation sites excluding steroid dienone is 1. The summed E-state index contributed by atoms with van der Waals surface area (Å²) in [7, 11) is 0. The fraction of sp³-hybridized carbons (Fsp3) is 0.182. The van der Waals surface area contributed by atoms with E-state index in [0.29, 0.717) is 5.02 Å². The topological polar surface area (TPSA) is 37.3 Å². The van der Waals surface area contributed by atoms with Crippen molar-refractivity contribution >= 4 is 23.1 Å². The molecule has 3 heteroatoms. The van der Waals surface area contributed by atoms with Gasteiger partial charge in [0.15, 0.2) is 0 Å². The molecular weight excluding hydrogens is 200 g/mol. The molecule has 1 aromatic carbocycles. The van der Waals surface area contributed by atoms with Crippen LogP contribution in [0.15, 0.2) is 24.3 Å². The Bertz CT molecular complexity index is 421. The first-order valence-electron chi connectivity index (χ1n) is 4.39. The molecule has 0 saturated heterocycles. The summed E-state index contributed by atoms with van der Waals surface area (Å²) in [5, 5.41) is 9.36. The molecule has 1 N–H and O–H groups in total. The van der Waals surface area contributed by atoms with Crippen molar-refractivity contribution in [2.75, 3.05) is 0 Å². The summed E-state index contributed by atoms with van der Waals surface area (Å²) in [4.78, 5) is 10.5. The lowest BCUT2D eigenvalue weighted by Crippen LogP contribution is -1.89. The van der Waals surface area contributed by atoms with Gasteiger partial charge in [-0.15, -0.1) is 0 Å². The number of aliphatic carboxylic acids is 1. The third-order valence-corrected chi connectivity index (χ3v) is 2.61. The van der Waals surface area contributed by atoms with Crippen LogP contribution >= 0.6 is 11.6 Å². The molecule has 0 spiro atoms. The van der Waals surface area contributed by atoms with Crippen LogP contribution in [-0.2, 0) is 11.2 Å². The Morgan fingerprint density at radius 1 is 1.43 bits per heavy atom. The van der Waals surface area contributed by atoms with Gasteiger partial charge >= 0.3 is 5.97 Å². The van der Waals surface area contributed by atoms with Crippen molar-refractivity contribution in [2.45, 2.75) is 12.8 Å². The summed E-state index contributed by atoms with van der Waals surface area (Å²) >= 11 is 5.84. The molecule has 72 valence electrons. The molecular formula is C11H9ClO2. The molecule has 0 saturated carbocycles. The second-order valence-electron chi connectivity index (χ2n) is 3.31. The molecule has 2 nitrogen and oxygen atoms in total. The number of halogens is 1. The monoisotopic (exact) mass is 208 g/mol. The van der Waals surface area contributed by atoms with Gasteiger partial charge in [0.25, 0.3) is 0 Å². The maximum atomic E-state index is 10.5. The van der Waals surface area contributed by atoms with Crippen LogP contribution in [0, 0.1) is 0 Å². The Morgan fingerprint density at radius 2 is 2.21 bits per heavy atom. The maximum absolute atomic E-state index is 10.5. The molecule has 1 aromatic rings. The van der Waals surface area contributed by atoms with Crippen LogP contribution in [0.25, 0.3) is 5.57 Å². The Kier molecular flexibility index (Phi) is 2.30. The van der Waals surface area contributed by atoms with Crippen molar-refractivity contribution in [3.8, 4) is 0 Å². The summed E-state index contributed by atoms with van der Waals surface area (Å²) in [6, 6.07) is 5.58. The van der Waals surface area contributed by atoms with E-state index in [4.69, 9.17) is 16.7 Å². The van der Waals surface area contributed by atoms with E-state index in [1.54, 1.807) is 6.07 Å². The number of fused-ring (bicyclic) bond motifs is 1. The fourth-order valence-electron chi connectivity index (χ4n) is 1.79. The predicted octanol–water partition coefficient (Wildman–Crippen LogP) is 2.75. The van der Waals surface area contributed by atoms with Gasteiger partial charge in [0.05, 0.1) is 0 Å². The summed E-state index contributed by atoms with van der Waals surface area (Å²) in [5.41, 5.74) is 3.06. The standard InChI is InChI=1S/C11H9ClO2/c12-9-3-4-10-7(5-9)1-2-8(10)6-11(13)14/h3-6H,1-2H2,(H,13,14). The van der Waals surface area contributed by atoms with Gasteiger partial charge in [-0.3, -0.25) is 0 Å². The summed E-state index contributed by atoms with van der Waals surface area (Å²) in [6.45, 7) is 0. The molecule has 0 radical (unpaired) electrons. The molecule has 0 heterocycles. The number of benzene rings is 1. The third kappa shape index (κ3) is 1.66. The minimum Gasteiger partial charge on any atom is -0.478 e. The number of carbonyl (C=O) groups is 1. The average Bonchev–Trinajstić information content (AvgIpc) is 2.47.